The summed E-state index contributed by atoms with van der Waals surface area (Å²) in [7, 11) is 1.58. The van der Waals surface area contributed by atoms with Crippen molar-refractivity contribution in [3.63, 3.8) is 0 Å². The van der Waals surface area contributed by atoms with Gasteiger partial charge in [0.05, 0.1) is 25.6 Å². The third kappa shape index (κ3) is 5.73. The lowest BCUT2D eigenvalue weighted by molar-refractivity contribution is 0.155. The number of benzene rings is 2. The quantitative estimate of drug-likeness (QED) is 0.477. The fourth-order valence-corrected chi connectivity index (χ4v) is 2.64. The number of H-pyrrole nitrogens is 1. The van der Waals surface area contributed by atoms with Crippen molar-refractivity contribution in [1.29, 1.82) is 0 Å². The van der Waals surface area contributed by atoms with Crippen molar-refractivity contribution in [3.8, 4) is 22.6 Å². The standard InChI is InChI=1S/C21H23N3O5/c1-27-18-5-2-4-15(10-18)14-29-21(26)24-19-7-6-16(17-12-22-23-13-17)11-20(19)28-9-3-8-25/h2,4-7,10-13,25H,3,8-9,14H2,1H3,(H,22,23)(H,24,26). The molecule has 0 atom stereocenters. The largest absolute Gasteiger partial charge is 0.497 e. The van der Waals surface area contributed by atoms with Crippen molar-refractivity contribution < 1.29 is 24.1 Å². The highest BCUT2D eigenvalue weighted by molar-refractivity contribution is 5.87. The summed E-state index contributed by atoms with van der Waals surface area (Å²) in [6, 6.07) is 12.7. The summed E-state index contributed by atoms with van der Waals surface area (Å²) in [6.45, 7) is 0.447. The van der Waals surface area contributed by atoms with Crippen molar-refractivity contribution in [3.05, 3.63) is 60.4 Å². The first kappa shape index (κ1) is 20.2. The van der Waals surface area contributed by atoms with Crippen LogP contribution >= 0.6 is 0 Å². The van der Waals surface area contributed by atoms with Crippen LogP contribution in [0.5, 0.6) is 11.5 Å². The molecule has 0 aliphatic rings. The van der Waals surface area contributed by atoms with E-state index in [1.165, 1.54) is 0 Å². The minimum Gasteiger partial charge on any atom is -0.497 e. The monoisotopic (exact) mass is 397 g/mol. The van der Waals surface area contributed by atoms with Gasteiger partial charge in [0.25, 0.3) is 0 Å². The smallest absolute Gasteiger partial charge is 0.412 e. The van der Waals surface area contributed by atoms with Crippen molar-refractivity contribution in [2.75, 3.05) is 25.6 Å². The van der Waals surface area contributed by atoms with Crippen LogP contribution in [0.15, 0.2) is 54.9 Å². The van der Waals surface area contributed by atoms with Gasteiger partial charge in [-0.1, -0.05) is 18.2 Å². The Labute approximate surface area is 168 Å². The van der Waals surface area contributed by atoms with Gasteiger partial charge in [-0.15, -0.1) is 0 Å². The fourth-order valence-electron chi connectivity index (χ4n) is 2.64. The molecule has 1 amide bonds. The summed E-state index contributed by atoms with van der Waals surface area (Å²) in [5.74, 6) is 1.18. The van der Waals surface area contributed by atoms with Gasteiger partial charge in [0, 0.05) is 24.8 Å². The maximum atomic E-state index is 12.3. The van der Waals surface area contributed by atoms with Crippen LogP contribution in [-0.4, -0.2) is 41.7 Å². The Morgan fingerprint density at radius 1 is 1.21 bits per heavy atom. The van der Waals surface area contributed by atoms with E-state index in [9.17, 15) is 4.79 Å². The van der Waals surface area contributed by atoms with Crippen LogP contribution in [0.4, 0.5) is 10.5 Å². The minimum absolute atomic E-state index is 0.0206. The molecule has 1 aromatic heterocycles. The Kier molecular flexibility index (Phi) is 7.07. The number of anilines is 1. The first-order valence-electron chi connectivity index (χ1n) is 9.13. The van der Waals surface area contributed by atoms with Crippen molar-refractivity contribution in [2.45, 2.75) is 13.0 Å². The molecular weight excluding hydrogens is 374 g/mol. The van der Waals surface area contributed by atoms with Crippen LogP contribution in [0.2, 0.25) is 0 Å². The molecule has 152 valence electrons. The van der Waals surface area contributed by atoms with E-state index in [0.29, 0.717) is 30.2 Å². The molecule has 0 saturated heterocycles. The number of carbonyl (C=O) groups excluding carboxylic acids is 1. The number of aliphatic hydroxyl groups is 1. The maximum absolute atomic E-state index is 12.3. The number of ether oxygens (including phenoxy) is 3. The Morgan fingerprint density at radius 3 is 2.86 bits per heavy atom. The van der Waals surface area contributed by atoms with E-state index in [1.807, 2.05) is 24.3 Å². The number of aliphatic hydroxyl groups excluding tert-OH is 1. The van der Waals surface area contributed by atoms with E-state index < -0.39 is 6.09 Å². The van der Waals surface area contributed by atoms with Crippen LogP contribution < -0.4 is 14.8 Å². The average Bonchev–Trinajstić information content (AvgIpc) is 3.28. The number of nitrogens with zero attached hydrogens (tertiary/aromatic N) is 1. The molecule has 0 saturated carbocycles. The zero-order valence-electron chi connectivity index (χ0n) is 16.1. The van der Waals surface area contributed by atoms with Crippen LogP contribution in [-0.2, 0) is 11.3 Å². The van der Waals surface area contributed by atoms with Crippen molar-refractivity contribution >= 4 is 11.8 Å². The molecule has 0 bridgehead atoms. The summed E-state index contributed by atoms with van der Waals surface area (Å²) in [4.78, 5) is 12.3. The van der Waals surface area contributed by atoms with Crippen LogP contribution in [0.1, 0.15) is 12.0 Å². The van der Waals surface area contributed by atoms with E-state index in [2.05, 4.69) is 15.5 Å². The second-order valence-electron chi connectivity index (χ2n) is 6.18. The number of hydrogen-bond donors (Lipinski definition) is 3. The first-order chi connectivity index (χ1) is 14.2. The number of nitrogens with one attached hydrogen (secondary N) is 2. The Hall–Kier alpha value is -3.52. The van der Waals surface area contributed by atoms with Gasteiger partial charge < -0.3 is 19.3 Å². The van der Waals surface area contributed by atoms with Crippen LogP contribution in [0.3, 0.4) is 0 Å². The van der Waals surface area contributed by atoms with Crippen LogP contribution in [0.25, 0.3) is 11.1 Å². The van der Waals surface area contributed by atoms with Gasteiger partial charge in [-0.3, -0.25) is 10.4 Å². The number of rotatable bonds is 9. The highest BCUT2D eigenvalue weighted by Gasteiger charge is 2.12. The first-order valence-corrected chi connectivity index (χ1v) is 9.13. The molecule has 2 aromatic carbocycles. The number of aromatic amines is 1. The molecule has 0 spiro atoms. The summed E-state index contributed by atoms with van der Waals surface area (Å²) >= 11 is 0. The number of aromatic nitrogens is 2. The van der Waals surface area contributed by atoms with Gasteiger partial charge in [-0.2, -0.15) is 5.10 Å². The summed E-state index contributed by atoms with van der Waals surface area (Å²) < 4.78 is 16.2. The normalized spacial score (nSPS) is 10.4. The number of hydrogen-bond acceptors (Lipinski definition) is 6. The third-order valence-corrected chi connectivity index (χ3v) is 4.11. The molecule has 0 aliphatic carbocycles. The second-order valence-corrected chi connectivity index (χ2v) is 6.18. The molecule has 0 radical (unpaired) electrons. The molecule has 3 N–H and O–H groups in total. The van der Waals surface area contributed by atoms with Crippen molar-refractivity contribution in [1.82, 2.24) is 10.2 Å². The molecule has 8 heteroatoms. The van der Waals surface area contributed by atoms with E-state index in [4.69, 9.17) is 19.3 Å². The molecule has 8 nitrogen and oxygen atoms in total. The summed E-state index contributed by atoms with van der Waals surface area (Å²) in [5, 5.41) is 18.4. The lowest BCUT2D eigenvalue weighted by Gasteiger charge is -2.14. The summed E-state index contributed by atoms with van der Waals surface area (Å²) in [6.07, 6.45) is 3.34. The Morgan fingerprint density at radius 2 is 2.10 bits per heavy atom. The minimum atomic E-state index is -0.601. The van der Waals surface area contributed by atoms with Gasteiger partial charge >= 0.3 is 6.09 Å². The Bertz CT molecular complexity index is 928. The molecular formula is C21H23N3O5. The fraction of sp³-hybridized carbons (Fsp3) is 0.238. The predicted molar refractivity (Wildman–Crippen MR) is 108 cm³/mol. The molecule has 0 unspecified atom stereocenters. The maximum Gasteiger partial charge on any atom is 0.412 e. The molecule has 0 aliphatic heterocycles. The van der Waals surface area contributed by atoms with Gasteiger partial charge in [0.15, 0.2) is 0 Å². The number of amides is 1. The van der Waals surface area contributed by atoms with Crippen molar-refractivity contribution in [2.24, 2.45) is 0 Å². The zero-order valence-corrected chi connectivity index (χ0v) is 16.1. The van der Waals surface area contributed by atoms with E-state index >= 15 is 0 Å². The van der Waals surface area contributed by atoms with Gasteiger partial charge in [-0.25, -0.2) is 4.79 Å². The topological polar surface area (TPSA) is 106 Å². The molecule has 3 rings (SSSR count). The molecule has 1 heterocycles. The second kappa shape index (κ2) is 10.1. The SMILES string of the molecule is COc1cccc(COC(=O)Nc2ccc(-c3cn[nH]c3)cc2OCCCO)c1. The molecule has 29 heavy (non-hydrogen) atoms. The molecule has 3 aromatic rings. The highest BCUT2D eigenvalue weighted by Crippen LogP contribution is 2.31. The van der Waals surface area contributed by atoms with Gasteiger partial charge in [0.2, 0.25) is 0 Å². The van der Waals surface area contributed by atoms with E-state index in [0.717, 1.165) is 16.7 Å². The average molecular weight is 397 g/mol. The van der Waals surface area contributed by atoms with Gasteiger partial charge in [-0.05, 0) is 35.4 Å². The lowest BCUT2D eigenvalue weighted by atomic mass is 10.1. The Balaban J connectivity index is 1.68. The lowest BCUT2D eigenvalue weighted by Crippen LogP contribution is -2.14. The number of methoxy groups -OCH3 is 1. The number of carbonyl (C=O) groups is 1. The third-order valence-electron chi connectivity index (χ3n) is 4.11. The predicted octanol–water partition coefficient (Wildman–Crippen LogP) is 3.60. The van der Waals surface area contributed by atoms with E-state index in [-0.39, 0.29) is 13.2 Å². The highest BCUT2D eigenvalue weighted by atomic mass is 16.5. The molecule has 0 fully saturated rings. The van der Waals surface area contributed by atoms with E-state index in [1.54, 1.807) is 37.7 Å². The van der Waals surface area contributed by atoms with Gasteiger partial charge in [0.1, 0.15) is 18.1 Å². The van der Waals surface area contributed by atoms with Crippen LogP contribution in [0, 0.1) is 0 Å². The zero-order chi connectivity index (χ0) is 20.5. The summed E-state index contributed by atoms with van der Waals surface area (Å²) in [5.41, 5.74) is 3.07.